The topological polar surface area (TPSA) is 63.5 Å². The number of aryl methyl sites for hydroxylation is 3. The van der Waals surface area contributed by atoms with Gasteiger partial charge in [0.2, 0.25) is 0 Å². The Balaban J connectivity index is 2.03. The number of hydrogen-bond donors (Lipinski definition) is 0. The Hall–Kier alpha value is -2.45. The molecule has 0 spiro atoms. The number of carbonyl (C=O) groups excluding carboxylic acids is 1. The van der Waals surface area contributed by atoms with Crippen LogP contribution in [0, 0.1) is 13.8 Å². The quantitative estimate of drug-likeness (QED) is 0.562. The lowest BCUT2D eigenvalue weighted by Crippen LogP contribution is -2.39. The molecule has 0 aliphatic carbocycles. The third-order valence-corrected chi connectivity index (χ3v) is 6.47. The summed E-state index contributed by atoms with van der Waals surface area (Å²) in [5, 5.41) is 5.07. The van der Waals surface area contributed by atoms with Crippen molar-refractivity contribution in [3.8, 4) is 5.75 Å². The van der Waals surface area contributed by atoms with Crippen molar-refractivity contribution in [2.24, 2.45) is 7.05 Å². The summed E-state index contributed by atoms with van der Waals surface area (Å²) in [6.45, 7) is 11.5. The van der Waals surface area contributed by atoms with Gasteiger partial charge in [-0.15, -0.1) is 0 Å². The molecule has 29 heavy (non-hydrogen) atoms. The van der Waals surface area contributed by atoms with E-state index in [4.69, 9.17) is 9.72 Å². The number of likely N-dealkylation sites (N-methyl/N-ethyl adjacent to an activating group) is 1. The molecule has 0 fully saturated rings. The molecule has 0 atom stereocenters. The van der Waals surface area contributed by atoms with Gasteiger partial charge in [0.25, 0.3) is 5.91 Å². The van der Waals surface area contributed by atoms with Crippen LogP contribution in [0.2, 0.25) is 0 Å². The number of benzene rings is 1. The minimum Gasteiger partial charge on any atom is -0.494 e. The van der Waals surface area contributed by atoms with Gasteiger partial charge in [0.05, 0.1) is 11.8 Å². The average Bonchev–Trinajstić information content (AvgIpc) is 3.30. The Labute approximate surface area is 175 Å². The Morgan fingerprint density at radius 3 is 2.52 bits per heavy atom. The van der Waals surface area contributed by atoms with Crippen LogP contribution in [0.25, 0.3) is 10.2 Å². The van der Waals surface area contributed by atoms with E-state index in [1.54, 1.807) is 16.7 Å². The molecule has 8 heteroatoms. The Bertz CT molecular complexity index is 987. The van der Waals surface area contributed by atoms with E-state index in [0.717, 1.165) is 46.9 Å². The van der Waals surface area contributed by atoms with Gasteiger partial charge in [-0.1, -0.05) is 31.3 Å². The highest BCUT2D eigenvalue weighted by molar-refractivity contribution is 7.22. The molecule has 0 saturated carbocycles. The van der Waals surface area contributed by atoms with Crippen LogP contribution in [0.5, 0.6) is 5.75 Å². The number of methoxy groups -OCH3 is 1. The molecule has 0 bridgehead atoms. The van der Waals surface area contributed by atoms with Gasteiger partial charge >= 0.3 is 0 Å². The van der Waals surface area contributed by atoms with Crippen molar-refractivity contribution in [2.75, 3.05) is 38.2 Å². The minimum atomic E-state index is -0.128. The fourth-order valence-corrected chi connectivity index (χ4v) is 4.32. The van der Waals surface area contributed by atoms with Crippen LogP contribution < -0.4 is 9.64 Å². The molecule has 7 nitrogen and oxygen atoms in total. The maximum Gasteiger partial charge on any atom is 0.280 e. The predicted molar refractivity (Wildman–Crippen MR) is 118 cm³/mol. The lowest BCUT2D eigenvalue weighted by Gasteiger charge is -2.24. The standard InChI is InChI=1S/C21H29N5O2S/c1-7-25(8-2)11-12-26(20(27)16-13-15(4)24(5)23-16)21-22-18-17(28-6)10-9-14(3)19(18)29-21/h9-10,13H,7-8,11-12H2,1-6H3. The Morgan fingerprint density at radius 2 is 1.93 bits per heavy atom. The monoisotopic (exact) mass is 415 g/mol. The number of amides is 1. The highest BCUT2D eigenvalue weighted by atomic mass is 32.1. The highest BCUT2D eigenvalue weighted by Crippen LogP contribution is 2.36. The summed E-state index contributed by atoms with van der Waals surface area (Å²) < 4.78 is 8.25. The fraction of sp³-hybridized carbons (Fsp3) is 0.476. The van der Waals surface area contributed by atoms with E-state index >= 15 is 0 Å². The first-order chi connectivity index (χ1) is 13.9. The molecule has 0 unspecified atom stereocenters. The molecule has 1 amide bonds. The molecule has 0 aliphatic rings. The fourth-order valence-electron chi connectivity index (χ4n) is 3.25. The first kappa shape index (κ1) is 21.3. The van der Waals surface area contributed by atoms with Gasteiger partial charge in [-0.3, -0.25) is 14.4 Å². The first-order valence-electron chi connectivity index (χ1n) is 9.88. The normalized spacial score (nSPS) is 11.4. The minimum absolute atomic E-state index is 0.128. The van der Waals surface area contributed by atoms with Crippen molar-refractivity contribution in [2.45, 2.75) is 27.7 Å². The van der Waals surface area contributed by atoms with Gasteiger partial charge in [0.1, 0.15) is 11.3 Å². The van der Waals surface area contributed by atoms with Crippen LogP contribution in [0.3, 0.4) is 0 Å². The average molecular weight is 416 g/mol. The van der Waals surface area contributed by atoms with E-state index in [1.807, 2.05) is 39.1 Å². The van der Waals surface area contributed by atoms with E-state index in [2.05, 4.69) is 23.8 Å². The summed E-state index contributed by atoms with van der Waals surface area (Å²) in [4.78, 5) is 22.2. The summed E-state index contributed by atoms with van der Waals surface area (Å²) in [7, 11) is 3.49. The molecule has 3 rings (SSSR count). The summed E-state index contributed by atoms with van der Waals surface area (Å²) in [5.74, 6) is 0.592. The summed E-state index contributed by atoms with van der Waals surface area (Å²) in [5.41, 5.74) is 3.30. The molecule has 156 valence electrons. The van der Waals surface area contributed by atoms with Crippen molar-refractivity contribution in [3.05, 3.63) is 35.2 Å². The van der Waals surface area contributed by atoms with Crippen molar-refractivity contribution >= 4 is 32.6 Å². The van der Waals surface area contributed by atoms with Crippen molar-refractivity contribution in [1.82, 2.24) is 19.7 Å². The van der Waals surface area contributed by atoms with Crippen LogP contribution in [0.1, 0.15) is 35.6 Å². The zero-order valence-corrected chi connectivity index (χ0v) is 18.8. The van der Waals surface area contributed by atoms with E-state index in [9.17, 15) is 4.79 Å². The molecule has 1 aromatic carbocycles. The van der Waals surface area contributed by atoms with Crippen LogP contribution in [-0.2, 0) is 7.05 Å². The molecular formula is C21H29N5O2S. The molecule has 0 aliphatic heterocycles. The second-order valence-electron chi connectivity index (χ2n) is 7.04. The summed E-state index contributed by atoms with van der Waals surface area (Å²) in [6, 6.07) is 5.77. The third kappa shape index (κ3) is 4.28. The number of rotatable bonds is 8. The zero-order chi connectivity index (χ0) is 21.1. The van der Waals surface area contributed by atoms with Crippen LogP contribution in [0.4, 0.5) is 5.13 Å². The van der Waals surface area contributed by atoms with Crippen LogP contribution in [-0.4, -0.2) is 58.9 Å². The number of fused-ring (bicyclic) bond motifs is 1. The molecule has 0 radical (unpaired) electrons. The zero-order valence-electron chi connectivity index (χ0n) is 18.0. The number of anilines is 1. The van der Waals surface area contributed by atoms with Gasteiger partial charge in [0.15, 0.2) is 10.8 Å². The number of nitrogens with zero attached hydrogens (tertiary/aromatic N) is 5. The second-order valence-corrected chi connectivity index (χ2v) is 8.01. The molecule has 2 aromatic heterocycles. The van der Waals surface area contributed by atoms with Gasteiger partial charge in [-0.2, -0.15) is 5.10 Å². The van der Waals surface area contributed by atoms with Gasteiger partial charge in [0, 0.05) is 25.8 Å². The molecule has 0 saturated heterocycles. The molecular weight excluding hydrogens is 386 g/mol. The van der Waals surface area contributed by atoms with Crippen LogP contribution in [0.15, 0.2) is 18.2 Å². The van der Waals surface area contributed by atoms with Gasteiger partial charge in [-0.25, -0.2) is 4.98 Å². The maximum atomic E-state index is 13.4. The summed E-state index contributed by atoms with van der Waals surface area (Å²) in [6.07, 6.45) is 0. The number of hydrogen-bond acceptors (Lipinski definition) is 6. The number of carbonyl (C=O) groups is 1. The number of thiazole rings is 1. The molecule has 2 heterocycles. The highest BCUT2D eigenvalue weighted by Gasteiger charge is 2.25. The summed E-state index contributed by atoms with van der Waals surface area (Å²) >= 11 is 1.52. The predicted octanol–water partition coefficient (Wildman–Crippen LogP) is 3.64. The second kappa shape index (κ2) is 8.92. The third-order valence-electron chi connectivity index (χ3n) is 5.26. The lowest BCUT2D eigenvalue weighted by molar-refractivity contribution is 0.0978. The Morgan fingerprint density at radius 1 is 1.21 bits per heavy atom. The van der Waals surface area contributed by atoms with E-state index in [1.165, 1.54) is 11.3 Å². The number of ether oxygens (including phenoxy) is 1. The van der Waals surface area contributed by atoms with Crippen molar-refractivity contribution in [3.63, 3.8) is 0 Å². The van der Waals surface area contributed by atoms with E-state index in [-0.39, 0.29) is 5.91 Å². The van der Waals surface area contributed by atoms with E-state index in [0.29, 0.717) is 17.4 Å². The van der Waals surface area contributed by atoms with Crippen molar-refractivity contribution in [1.29, 1.82) is 0 Å². The maximum absolute atomic E-state index is 13.4. The SMILES string of the molecule is CCN(CC)CCN(C(=O)c1cc(C)n(C)n1)c1nc2c(OC)ccc(C)c2s1. The molecule has 0 N–H and O–H groups in total. The van der Waals surface area contributed by atoms with Gasteiger partial charge < -0.3 is 9.64 Å². The largest absolute Gasteiger partial charge is 0.494 e. The van der Waals surface area contributed by atoms with E-state index < -0.39 is 0 Å². The Kier molecular flexibility index (Phi) is 6.54. The number of aromatic nitrogens is 3. The smallest absolute Gasteiger partial charge is 0.280 e. The first-order valence-corrected chi connectivity index (χ1v) is 10.7. The van der Waals surface area contributed by atoms with Crippen molar-refractivity contribution < 1.29 is 9.53 Å². The molecule has 3 aromatic rings. The lowest BCUT2D eigenvalue weighted by atomic mass is 10.2. The van der Waals surface area contributed by atoms with Crippen LogP contribution >= 0.6 is 11.3 Å². The van der Waals surface area contributed by atoms with Gasteiger partial charge in [-0.05, 0) is 44.6 Å².